The highest BCUT2D eigenvalue weighted by Crippen LogP contribution is 2.67. The number of nitrogens with one attached hydrogen (secondary N) is 1. The number of fused-ring (bicyclic) bond motifs is 5. The zero-order chi connectivity index (χ0) is 18.9. The van der Waals surface area contributed by atoms with Crippen molar-refractivity contribution >= 4 is 17.5 Å². The molecule has 3 nitrogen and oxygen atoms in total. The van der Waals surface area contributed by atoms with Crippen LogP contribution in [0.3, 0.4) is 0 Å². The maximum atomic E-state index is 12.6. The minimum absolute atomic E-state index is 0.0461. The average Bonchev–Trinajstić information content (AvgIpc) is 3.24. The van der Waals surface area contributed by atoms with Gasteiger partial charge in [0.25, 0.3) is 0 Å². The lowest BCUT2D eigenvalue weighted by Gasteiger charge is -2.63. The Labute approximate surface area is 168 Å². The lowest BCUT2D eigenvalue weighted by molar-refractivity contribution is -0.200. The molecule has 5 rings (SSSR count). The number of thioether (sulfide) groups is 1. The van der Waals surface area contributed by atoms with Crippen molar-refractivity contribution in [2.75, 3.05) is 13.1 Å². The van der Waals surface area contributed by atoms with Gasteiger partial charge in [0, 0.05) is 28.9 Å². The first kappa shape index (κ1) is 18.9. The van der Waals surface area contributed by atoms with Crippen LogP contribution in [0.4, 0.5) is 0 Å². The van der Waals surface area contributed by atoms with Crippen molar-refractivity contribution < 1.29 is 9.90 Å². The van der Waals surface area contributed by atoms with Crippen LogP contribution in [0.25, 0.3) is 0 Å². The number of carbonyl (C=O) groups is 1. The summed E-state index contributed by atoms with van der Waals surface area (Å²) in [6.45, 7) is 6.99. The van der Waals surface area contributed by atoms with Gasteiger partial charge in [0.15, 0.2) is 0 Å². The van der Waals surface area contributed by atoms with E-state index in [-0.39, 0.29) is 10.8 Å². The van der Waals surface area contributed by atoms with E-state index in [0.29, 0.717) is 28.8 Å². The van der Waals surface area contributed by atoms with Crippen molar-refractivity contribution in [3.63, 3.8) is 0 Å². The summed E-state index contributed by atoms with van der Waals surface area (Å²) < 4.78 is 0. The summed E-state index contributed by atoms with van der Waals surface area (Å²) >= 11 is 2.16. The molecule has 4 saturated carbocycles. The summed E-state index contributed by atoms with van der Waals surface area (Å²) in [4.78, 5) is 12.6. The van der Waals surface area contributed by atoms with Crippen molar-refractivity contribution in [1.29, 1.82) is 0 Å². The molecule has 2 N–H and O–H groups in total. The maximum Gasteiger partial charge on any atom is 0.139 e. The van der Waals surface area contributed by atoms with Gasteiger partial charge in [-0.15, -0.1) is 0 Å². The lowest BCUT2D eigenvalue weighted by Crippen LogP contribution is -2.62. The van der Waals surface area contributed by atoms with Crippen LogP contribution in [0.2, 0.25) is 0 Å². The Morgan fingerprint density at radius 3 is 2.63 bits per heavy atom. The number of hydrogen-bond acceptors (Lipinski definition) is 4. The van der Waals surface area contributed by atoms with Gasteiger partial charge >= 0.3 is 0 Å². The van der Waals surface area contributed by atoms with Gasteiger partial charge < -0.3 is 10.4 Å². The molecule has 1 saturated heterocycles. The van der Waals surface area contributed by atoms with Crippen molar-refractivity contribution in [1.82, 2.24) is 5.32 Å². The Kier molecular flexibility index (Phi) is 4.54. The minimum Gasteiger partial charge on any atom is -0.389 e. The minimum atomic E-state index is -0.480. The molecule has 0 amide bonds. The van der Waals surface area contributed by atoms with E-state index < -0.39 is 5.60 Å². The third kappa shape index (κ3) is 2.72. The molecule has 0 bridgehead atoms. The van der Waals surface area contributed by atoms with Gasteiger partial charge in [-0.2, -0.15) is 11.8 Å². The van der Waals surface area contributed by atoms with E-state index >= 15 is 0 Å². The summed E-state index contributed by atoms with van der Waals surface area (Å²) in [6, 6.07) is 0. The van der Waals surface area contributed by atoms with Crippen LogP contribution >= 0.6 is 11.8 Å². The van der Waals surface area contributed by atoms with Gasteiger partial charge in [-0.05, 0) is 87.5 Å². The first-order chi connectivity index (χ1) is 12.9. The van der Waals surface area contributed by atoms with Gasteiger partial charge in [-0.25, -0.2) is 0 Å². The molecule has 27 heavy (non-hydrogen) atoms. The number of rotatable bonds is 2. The van der Waals surface area contributed by atoms with Crippen molar-refractivity contribution in [3.8, 4) is 0 Å². The molecule has 0 aromatic rings. The molecular formula is C23H37NO2S. The fourth-order valence-electron chi connectivity index (χ4n) is 8.11. The van der Waals surface area contributed by atoms with E-state index in [9.17, 15) is 9.90 Å². The molecule has 8 atom stereocenters. The third-order valence-electron chi connectivity index (χ3n) is 9.87. The molecule has 1 aliphatic heterocycles. The Morgan fingerprint density at radius 1 is 1.00 bits per heavy atom. The highest BCUT2D eigenvalue weighted by atomic mass is 32.2. The van der Waals surface area contributed by atoms with Crippen LogP contribution in [0.1, 0.15) is 78.1 Å². The second-order valence-corrected chi connectivity index (χ2v) is 12.5. The van der Waals surface area contributed by atoms with Gasteiger partial charge in [-0.1, -0.05) is 13.8 Å². The molecule has 0 unspecified atom stereocenters. The number of Topliss-reactive ketones (excluding diaryl/α,β-unsaturated/α-hetero) is 1. The number of carbonyl (C=O) groups excluding carboxylic acids is 1. The van der Waals surface area contributed by atoms with Crippen molar-refractivity contribution in [3.05, 3.63) is 0 Å². The second-order valence-electron chi connectivity index (χ2n) is 10.9. The van der Waals surface area contributed by atoms with Crippen LogP contribution < -0.4 is 5.32 Å². The molecule has 1 heterocycles. The molecule has 0 spiro atoms. The number of ketones is 1. The Morgan fingerprint density at radius 2 is 1.85 bits per heavy atom. The summed E-state index contributed by atoms with van der Waals surface area (Å²) in [5, 5.41) is 16.8. The molecular weight excluding hydrogens is 354 g/mol. The zero-order valence-corrected chi connectivity index (χ0v) is 18.0. The van der Waals surface area contributed by atoms with Crippen LogP contribution in [0.5, 0.6) is 0 Å². The topological polar surface area (TPSA) is 49.3 Å². The molecule has 0 aromatic carbocycles. The molecule has 5 fully saturated rings. The van der Waals surface area contributed by atoms with Crippen molar-refractivity contribution in [2.24, 2.45) is 28.6 Å². The number of aliphatic hydroxyl groups is 1. The summed E-state index contributed by atoms with van der Waals surface area (Å²) in [5.41, 5.74) is -0.462. The maximum absolute atomic E-state index is 12.6. The van der Waals surface area contributed by atoms with Crippen molar-refractivity contribution in [2.45, 2.75) is 94.2 Å². The Bertz CT molecular complexity index is 619. The Balaban J connectivity index is 1.35. The fourth-order valence-corrected chi connectivity index (χ4v) is 9.75. The zero-order valence-electron chi connectivity index (χ0n) is 17.1. The third-order valence-corrected chi connectivity index (χ3v) is 11.4. The monoisotopic (exact) mass is 391 g/mol. The standard InChI is InChI=1S/C23H37NO2S/c1-21-9-7-19-17(18(21)3-4-20(21)25)6-11-23(26)13-15(5-10-22(19,23)2)27-16-8-12-24-14-16/h15-19,24,26H,3-14H2,1-2H3/t15-,16-,17+,18+,19+,21+,22-,23-/m1/s1. The molecule has 5 aliphatic rings. The van der Waals surface area contributed by atoms with Crippen LogP contribution in [-0.4, -0.2) is 40.1 Å². The van der Waals surface area contributed by atoms with Crippen LogP contribution in [-0.2, 0) is 4.79 Å². The predicted octanol–water partition coefficient (Wildman–Crippen LogP) is 4.18. The van der Waals surface area contributed by atoms with E-state index in [4.69, 9.17) is 0 Å². The van der Waals surface area contributed by atoms with E-state index in [2.05, 4.69) is 30.9 Å². The largest absolute Gasteiger partial charge is 0.389 e. The number of hydrogen-bond donors (Lipinski definition) is 2. The summed E-state index contributed by atoms with van der Waals surface area (Å²) in [7, 11) is 0. The van der Waals surface area contributed by atoms with Crippen LogP contribution in [0, 0.1) is 28.6 Å². The van der Waals surface area contributed by atoms with Gasteiger partial charge in [0.1, 0.15) is 5.78 Å². The first-order valence-electron chi connectivity index (χ1n) is 11.5. The van der Waals surface area contributed by atoms with Gasteiger partial charge in [0.05, 0.1) is 5.60 Å². The highest BCUT2D eigenvalue weighted by molar-refractivity contribution is 8.00. The van der Waals surface area contributed by atoms with E-state index in [1.54, 1.807) is 0 Å². The normalized spacial score (nSPS) is 55.1. The quantitative estimate of drug-likeness (QED) is 0.741. The molecule has 152 valence electrons. The highest BCUT2D eigenvalue weighted by Gasteiger charge is 2.64. The second kappa shape index (κ2) is 6.47. The predicted molar refractivity (Wildman–Crippen MR) is 111 cm³/mol. The Hall–Kier alpha value is -0.0600. The fraction of sp³-hybridized carbons (Fsp3) is 0.957. The van der Waals surface area contributed by atoms with E-state index in [1.807, 2.05) is 0 Å². The lowest BCUT2D eigenvalue weighted by atomic mass is 9.44. The van der Waals surface area contributed by atoms with Crippen LogP contribution in [0.15, 0.2) is 0 Å². The van der Waals surface area contributed by atoms with E-state index in [1.165, 1.54) is 19.3 Å². The summed E-state index contributed by atoms with van der Waals surface area (Å²) in [6.07, 6.45) is 11.0. The van der Waals surface area contributed by atoms with E-state index in [0.717, 1.165) is 63.3 Å². The SMILES string of the molecule is C[C@]12CC[C@H]3[C@@H](CC[C@@]4(O)C[C@H](S[C@@H]5CCNC5)CC[C@]34C)[C@@H]1CCC2=O. The molecule has 4 aliphatic carbocycles. The molecule has 4 heteroatoms. The smallest absolute Gasteiger partial charge is 0.139 e. The summed E-state index contributed by atoms with van der Waals surface area (Å²) in [5.74, 6) is 2.41. The molecule has 0 aromatic heterocycles. The average molecular weight is 392 g/mol. The first-order valence-corrected chi connectivity index (χ1v) is 12.4. The van der Waals surface area contributed by atoms with Gasteiger partial charge in [-0.3, -0.25) is 4.79 Å². The van der Waals surface area contributed by atoms with Gasteiger partial charge in [0.2, 0.25) is 0 Å². The molecule has 0 radical (unpaired) electrons.